The van der Waals surface area contributed by atoms with Crippen molar-refractivity contribution in [3.63, 3.8) is 0 Å². The largest absolute Gasteiger partial charge is 0.493 e. The summed E-state index contributed by atoms with van der Waals surface area (Å²) in [6, 6.07) is 20.8. The van der Waals surface area contributed by atoms with Gasteiger partial charge in [0.15, 0.2) is 11.5 Å². The second-order valence-electron chi connectivity index (χ2n) is 6.75. The van der Waals surface area contributed by atoms with Crippen LogP contribution in [0.25, 0.3) is 16.7 Å². The number of benzene rings is 3. The van der Waals surface area contributed by atoms with Gasteiger partial charge in [-0.3, -0.25) is 14.7 Å². The normalized spacial score (nSPS) is 12.6. The quantitative estimate of drug-likeness (QED) is 0.558. The van der Waals surface area contributed by atoms with Crippen LogP contribution in [0.1, 0.15) is 10.4 Å². The summed E-state index contributed by atoms with van der Waals surface area (Å²) in [6.07, 6.45) is 0. The average Bonchev–Trinajstić information content (AvgIpc) is 3.16. The molecule has 0 spiro atoms. The van der Waals surface area contributed by atoms with Gasteiger partial charge >= 0.3 is 0 Å². The van der Waals surface area contributed by atoms with Crippen LogP contribution in [0.2, 0.25) is 0 Å². The molecule has 0 radical (unpaired) electrons. The number of nitrogens with zero attached hydrogens (tertiary/aromatic N) is 2. The van der Waals surface area contributed by atoms with Gasteiger partial charge < -0.3 is 14.2 Å². The van der Waals surface area contributed by atoms with Crippen LogP contribution in [-0.2, 0) is 0 Å². The Labute approximate surface area is 172 Å². The summed E-state index contributed by atoms with van der Waals surface area (Å²) in [4.78, 5) is 17.7. The van der Waals surface area contributed by atoms with Crippen LogP contribution in [0.3, 0.4) is 0 Å². The maximum atomic E-state index is 13.1. The van der Waals surface area contributed by atoms with Gasteiger partial charge in [-0.25, -0.2) is 4.98 Å². The maximum absolute atomic E-state index is 13.1. The van der Waals surface area contributed by atoms with Crippen LogP contribution >= 0.6 is 0 Å². The number of carbonyl (C=O) groups excluding carboxylic acids is 1. The monoisotopic (exact) mass is 401 g/mol. The highest BCUT2D eigenvalue weighted by molar-refractivity contribution is 6.05. The summed E-state index contributed by atoms with van der Waals surface area (Å²) in [7, 11) is 1.53. The summed E-state index contributed by atoms with van der Waals surface area (Å²) in [6.45, 7) is 0.862. The number of rotatable bonds is 4. The zero-order chi connectivity index (χ0) is 20.5. The molecule has 150 valence electrons. The van der Waals surface area contributed by atoms with Gasteiger partial charge in [-0.2, -0.15) is 0 Å². The molecule has 0 atom stereocenters. The zero-order valence-electron chi connectivity index (χ0n) is 16.3. The highest BCUT2D eigenvalue weighted by Crippen LogP contribution is 2.40. The number of hydrogen-bond donors (Lipinski definition) is 1. The Bertz CT molecular complexity index is 1220. The Morgan fingerprint density at radius 2 is 1.80 bits per heavy atom. The molecule has 7 nitrogen and oxygen atoms in total. The van der Waals surface area contributed by atoms with E-state index in [2.05, 4.69) is 10.3 Å². The Balaban J connectivity index is 1.56. The van der Waals surface area contributed by atoms with Gasteiger partial charge in [0.05, 0.1) is 18.1 Å². The third-order valence-electron chi connectivity index (χ3n) is 4.89. The van der Waals surface area contributed by atoms with Crippen LogP contribution in [0.4, 0.5) is 5.95 Å². The van der Waals surface area contributed by atoms with Crippen molar-refractivity contribution < 1.29 is 19.0 Å². The predicted molar refractivity (Wildman–Crippen MR) is 113 cm³/mol. The van der Waals surface area contributed by atoms with Gasteiger partial charge in [-0.05, 0) is 36.4 Å². The van der Waals surface area contributed by atoms with Gasteiger partial charge in [0.25, 0.3) is 5.91 Å². The smallest absolute Gasteiger partial charge is 0.258 e. The lowest BCUT2D eigenvalue weighted by molar-refractivity contribution is 0.102. The van der Waals surface area contributed by atoms with Crippen molar-refractivity contribution in [1.82, 2.24) is 9.55 Å². The molecule has 3 aromatic carbocycles. The third-order valence-corrected chi connectivity index (χ3v) is 4.89. The number of imidazole rings is 1. The molecule has 1 aliphatic heterocycles. The summed E-state index contributed by atoms with van der Waals surface area (Å²) >= 11 is 0. The Kier molecular flexibility index (Phi) is 4.48. The van der Waals surface area contributed by atoms with Crippen LogP contribution in [-0.4, -0.2) is 35.8 Å². The second-order valence-corrected chi connectivity index (χ2v) is 6.75. The van der Waals surface area contributed by atoms with E-state index in [1.165, 1.54) is 7.11 Å². The summed E-state index contributed by atoms with van der Waals surface area (Å²) in [5, 5.41) is 2.93. The van der Waals surface area contributed by atoms with E-state index >= 15 is 0 Å². The first kappa shape index (κ1) is 18.1. The number of carbonyl (C=O) groups is 1. The second kappa shape index (κ2) is 7.44. The number of aromatic nitrogens is 2. The van der Waals surface area contributed by atoms with E-state index in [1.54, 1.807) is 12.1 Å². The number of anilines is 1. The minimum Gasteiger partial charge on any atom is -0.493 e. The predicted octanol–water partition coefficient (Wildman–Crippen LogP) is 4.06. The standard InChI is InChI=1S/C23H19N3O4/c1-28-19-13-15(14-20-21(19)30-12-11-29-20)22(27)25-23-24-17-9-5-6-10-18(17)26(23)16-7-3-2-4-8-16/h2-10,13-14H,11-12H2,1H3,(H,24,25,27). The Morgan fingerprint density at radius 1 is 1.03 bits per heavy atom. The van der Waals surface area contributed by atoms with Gasteiger partial charge in [0.1, 0.15) is 13.2 Å². The molecule has 0 bridgehead atoms. The van der Waals surface area contributed by atoms with Crippen molar-refractivity contribution in [2.45, 2.75) is 0 Å². The molecular weight excluding hydrogens is 382 g/mol. The fraction of sp³-hybridized carbons (Fsp3) is 0.130. The first-order valence-corrected chi connectivity index (χ1v) is 9.56. The number of ether oxygens (including phenoxy) is 3. The van der Waals surface area contributed by atoms with Crippen molar-refractivity contribution in [3.05, 3.63) is 72.3 Å². The fourth-order valence-electron chi connectivity index (χ4n) is 3.53. The van der Waals surface area contributed by atoms with Gasteiger partial charge in [-0.1, -0.05) is 30.3 Å². The molecule has 7 heteroatoms. The topological polar surface area (TPSA) is 74.6 Å². The van der Waals surface area contributed by atoms with Crippen LogP contribution in [0, 0.1) is 0 Å². The van der Waals surface area contributed by atoms with Crippen molar-refractivity contribution in [2.24, 2.45) is 0 Å². The van der Waals surface area contributed by atoms with Crippen LogP contribution in [0.15, 0.2) is 66.7 Å². The van der Waals surface area contributed by atoms with Gasteiger partial charge in [0, 0.05) is 11.3 Å². The number of para-hydroxylation sites is 3. The molecule has 0 fully saturated rings. The molecular formula is C23H19N3O4. The lowest BCUT2D eigenvalue weighted by atomic mass is 10.1. The number of hydrogen-bond acceptors (Lipinski definition) is 5. The third kappa shape index (κ3) is 3.10. The van der Waals surface area contributed by atoms with E-state index in [-0.39, 0.29) is 5.91 Å². The van der Waals surface area contributed by atoms with E-state index in [0.717, 1.165) is 16.7 Å². The first-order valence-electron chi connectivity index (χ1n) is 9.56. The Hall–Kier alpha value is -4.00. The highest BCUT2D eigenvalue weighted by atomic mass is 16.6. The molecule has 4 aromatic rings. The lowest BCUT2D eigenvalue weighted by Crippen LogP contribution is -2.19. The molecule has 30 heavy (non-hydrogen) atoms. The fourth-order valence-corrected chi connectivity index (χ4v) is 3.53. The van der Waals surface area contributed by atoms with E-state index < -0.39 is 0 Å². The summed E-state index contributed by atoms with van der Waals surface area (Å²) < 4.78 is 18.6. The van der Waals surface area contributed by atoms with E-state index in [4.69, 9.17) is 14.2 Å². The molecule has 1 aliphatic rings. The van der Waals surface area contributed by atoms with Crippen LogP contribution < -0.4 is 19.5 Å². The molecule has 2 heterocycles. The van der Waals surface area contributed by atoms with Crippen molar-refractivity contribution in [2.75, 3.05) is 25.6 Å². The van der Waals surface area contributed by atoms with Gasteiger partial charge in [0.2, 0.25) is 11.7 Å². The SMILES string of the molecule is COc1cc(C(=O)Nc2nc3ccccc3n2-c2ccccc2)cc2c1OCCO2. The number of amides is 1. The summed E-state index contributed by atoms with van der Waals surface area (Å²) in [5.74, 6) is 1.56. The van der Waals surface area contributed by atoms with Crippen molar-refractivity contribution in [1.29, 1.82) is 0 Å². The molecule has 1 aromatic heterocycles. The number of fused-ring (bicyclic) bond motifs is 2. The first-order chi connectivity index (χ1) is 14.7. The minimum absolute atomic E-state index is 0.322. The molecule has 0 saturated heterocycles. The Morgan fingerprint density at radius 3 is 2.63 bits per heavy atom. The van der Waals surface area contributed by atoms with E-state index in [1.807, 2.05) is 59.2 Å². The van der Waals surface area contributed by atoms with Crippen molar-refractivity contribution >= 4 is 22.9 Å². The van der Waals surface area contributed by atoms with E-state index in [9.17, 15) is 4.79 Å². The number of nitrogens with one attached hydrogen (secondary N) is 1. The minimum atomic E-state index is -0.322. The molecule has 1 N–H and O–H groups in total. The zero-order valence-corrected chi connectivity index (χ0v) is 16.3. The van der Waals surface area contributed by atoms with Crippen molar-refractivity contribution in [3.8, 4) is 22.9 Å². The lowest BCUT2D eigenvalue weighted by Gasteiger charge is -2.21. The molecule has 1 amide bonds. The number of methoxy groups -OCH3 is 1. The highest BCUT2D eigenvalue weighted by Gasteiger charge is 2.22. The van der Waals surface area contributed by atoms with Crippen LogP contribution in [0.5, 0.6) is 17.2 Å². The molecule has 0 saturated carbocycles. The summed E-state index contributed by atoms with van der Waals surface area (Å²) in [5.41, 5.74) is 2.99. The molecule has 0 aliphatic carbocycles. The van der Waals surface area contributed by atoms with Gasteiger partial charge in [-0.15, -0.1) is 0 Å². The maximum Gasteiger partial charge on any atom is 0.258 e. The molecule has 0 unspecified atom stereocenters. The van der Waals surface area contributed by atoms with E-state index in [0.29, 0.717) is 42.0 Å². The average molecular weight is 401 g/mol. The molecule has 5 rings (SSSR count).